The number of halogens is 2. The van der Waals surface area contributed by atoms with Crippen LogP contribution >= 0.6 is 0 Å². The van der Waals surface area contributed by atoms with Crippen LogP contribution in [0.4, 0.5) is 8.78 Å². The van der Waals surface area contributed by atoms with Crippen LogP contribution in [-0.4, -0.2) is 27.3 Å². The minimum Gasteiger partial charge on any atom is -0.505 e. The third kappa shape index (κ3) is 2.11. The highest BCUT2D eigenvalue weighted by molar-refractivity contribution is 6.06. The molecule has 0 fully saturated rings. The van der Waals surface area contributed by atoms with E-state index in [1.54, 1.807) is 0 Å². The standard InChI is InChI=1S/C21H10F2O7/c22-12-4-10-16(6-14(12)24)29-17-7-15(25)13(23)5-11(17)21(10)9-3-1-2-8(19(26)27)18(9)20(28)30-21/h1-7,24-25H,(H,26,27). The molecule has 2 aliphatic rings. The van der Waals surface area contributed by atoms with Crippen molar-refractivity contribution in [3.63, 3.8) is 0 Å². The van der Waals surface area contributed by atoms with Gasteiger partial charge in [0.1, 0.15) is 11.5 Å². The molecule has 2 aliphatic heterocycles. The predicted molar refractivity (Wildman–Crippen MR) is 94.9 cm³/mol. The monoisotopic (exact) mass is 412 g/mol. The Morgan fingerprint density at radius 2 is 1.47 bits per heavy atom. The van der Waals surface area contributed by atoms with Crippen LogP contribution < -0.4 is 4.74 Å². The molecule has 0 aliphatic carbocycles. The van der Waals surface area contributed by atoms with Crippen LogP contribution in [0.15, 0.2) is 42.5 Å². The first kappa shape index (κ1) is 17.9. The molecule has 0 amide bonds. The van der Waals surface area contributed by atoms with Crippen LogP contribution in [0, 0.1) is 11.6 Å². The van der Waals surface area contributed by atoms with Gasteiger partial charge < -0.3 is 24.8 Å². The van der Waals surface area contributed by atoms with Gasteiger partial charge in [-0.15, -0.1) is 0 Å². The maximum atomic E-state index is 14.3. The van der Waals surface area contributed by atoms with Gasteiger partial charge in [0, 0.05) is 17.7 Å². The molecule has 150 valence electrons. The normalized spacial score (nSPS) is 15.1. The molecule has 0 bridgehead atoms. The fourth-order valence-electron chi connectivity index (χ4n) is 3.96. The molecule has 3 aromatic rings. The molecule has 1 spiro atoms. The van der Waals surface area contributed by atoms with Crippen LogP contribution in [0.5, 0.6) is 23.0 Å². The summed E-state index contributed by atoms with van der Waals surface area (Å²) in [7, 11) is 0. The summed E-state index contributed by atoms with van der Waals surface area (Å²) in [6, 6.07) is 7.61. The number of rotatable bonds is 1. The first-order valence-corrected chi connectivity index (χ1v) is 8.58. The van der Waals surface area contributed by atoms with Crippen LogP contribution in [0.1, 0.15) is 37.4 Å². The van der Waals surface area contributed by atoms with Crippen molar-refractivity contribution in [3.05, 3.63) is 81.9 Å². The first-order valence-electron chi connectivity index (χ1n) is 8.58. The van der Waals surface area contributed by atoms with Crippen molar-refractivity contribution in [2.24, 2.45) is 0 Å². The van der Waals surface area contributed by atoms with E-state index in [1.165, 1.54) is 18.2 Å². The molecular formula is C21H10F2O7. The number of phenols is 2. The number of esters is 1. The number of phenolic OH excluding ortho intramolecular Hbond substituents is 2. The minimum absolute atomic E-state index is 0.0355. The fourth-order valence-corrected chi connectivity index (χ4v) is 3.96. The second-order valence-corrected chi connectivity index (χ2v) is 6.81. The summed E-state index contributed by atoms with van der Waals surface area (Å²) in [5, 5.41) is 29.0. The van der Waals surface area contributed by atoms with E-state index in [0.717, 1.165) is 24.3 Å². The zero-order valence-corrected chi connectivity index (χ0v) is 14.8. The van der Waals surface area contributed by atoms with Gasteiger partial charge in [-0.05, 0) is 18.2 Å². The van der Waals surface area contributed by atoms with Crippen molar-refractivity contribution in [3.8, 4) is 23.0 Å². The van der Waals surface area contributed by atoms with Crippen molar-refractivity contribution in [1.82, 2.24) is 0 Å². The van der Waals surface area contributed by atoms with Crippen molar-refractivity contribution in [2.45, 2.75) is 5.60 Å². The van der Waals surface area contributed by atoms with Gasteiger partial charge >= 0.3 is 11.9 Å². The molecule has 9 heteroatoms. The molecule has 0 saturated carbocycles. The van der Waals surface area contributed by atoms with Gasteiger partial charge in [-0.25, -0.2) is 18.4 Å². The highest BCUT2D eigenvalue weighted by Gasteiger charge is 2.55. The average Bonchev–Trinajstić information content (AvgIpc) is 2.99. The van der Waals surface area contributed by atoms with Crippen molar-refractivity contribution in [1.29, 1.82) is 0 Å². The zero-order valence-electron chi connectivity index (χ0n) is 14.8. The number of aromatic carboxylic acids is 1. The molecule has 3 N–H and O–H groups in total. The lowest BCUT2D eigenvalue weighted by molar-refractivity contribution is 0.0219. The predicted octanol–water partition coefficient (Wildman–Crippen LogP) is 3.64. The Morgan fingerprint density at radius 1 is 0.900 bits per heavy atom. The van der Waals surface area contributed by atoms with E-state index in [2.05, 4.69) is 0 Å². The molecule has 30 heavy (non-hydrogen) atoms. The van der Waals surface area contributed by atoms with Crippen LogP contribution in [0.3, 0.4) is 0 Å². The number of hydrogen-bond acceptors (Lipinski definition) is 6. The highest BCUT2D eigenvalue weighted by Crippen LogP contribution is 2.57. The summed E-state index contributed by atoms with van der Waals surface area (Å²) >= 11 is 0. The fraction of sp³-hybridized carbons (Fsp3) is 0.0476. The maximum Gasteiger partial charge on any atom is 0.341 e. The summed E-state index contributed by atoms with van der Waals surface area (Å²) in [6.07, 6.45) is 0. The van der Waals surface area contributed by atoms with Gasteiger partial charge in [0.15, 0.2) is 28.7 Å². The Morgan fingerprint density at radius 3 is 2.00 bits per heavy atom. The molecule has 0 aromatic heterocycles. The van der Waals surface area contributed by atoms with Gasteiger partial charge in [-0.1, -0.05) is 12.1 Å². The molecule has 7 nitrogen and oxygen atoms in total. The van der Waals surface area contributed by atoms with E-state index in [1.807, 2.05) is 0 Å². The number of hydrogen-bond donors (Lipinski definition) is 3. The number of carboxylic acid groups (broad SMARTS) is 1. The van der Waals surface area contributed by atoms with Gasteiger partial charge in [-0.3, -0.25) is 0 Å². The van der Waals surface area contributed by atoms with E-state index >= 15 is 0 Å². The average molecular weight is 412 g/mol. The molecule has 0 unspecified atom stereocenters. The Hall–Kier alpha value is -4.14. The van der Waals surface area contributed by atoms with Gasteiger partial charge in [0.25, 0.3) is 0 Å². The molecule has 0 radical (unpaired) electrons. The van der Waals surface area contributed by atoms with Gasteiger partial charge in [-0.2, -0.15) is 0 Å². The summed E-state index contributed by atoms with van der Waals surface area (Å²) in [4.78, 5) is 24.4. The Labute approximate surface area is 166 Å². The largest absolute Gasteiger partial charge is 0.505 e. The van der Waals surface area contributed by atoms with E-state index in [9.17, 15) is 33.7 Å². The summed E-state index contributed by atoms with van der Waals surface area (Å²) in [5.41, 5.74) is -2.69. The lowest BCUT2D eigenvalue weighted by Gasteiger charge is -2.36. The van der Waals surface area contributed by atoms with E-state index in [4.69, 9.17) is 9.47 Å². The van der Waals surface area contributed by atoms with E-state index in [0.29, 0.717) is 0 Å². The van der Waals surface area contributed by atoms with Gasteiger partial charge in [0.05, 0.1) is 22.3 Å². The number of carbonyl (C=O) groups is 2. The molecular weight excluding hydrogens is 402 g/mol. The Bertz CT molecular complexity index is 1240. The number of aromatic hydroxyl groups is 2. The quantitative estimate of drug-likeness (QED) is 0.523. The van der Waals surface area contributed by atoms with Crippen LogP contribution in [0.25, 0.3) is 0 Å². The lowest BCUT2D eigenvalue weighted by Crippen LogP contribution is -2.33. The molecule has 5 rings (SSSR count). The number of benzene rings is 3. The molecule has 0 atom stereocenters. The number of carbonyl (C=O) groups excluding carboxylic acids is 1. The second kappa shape index (κ2) is 5.69. The SMILES string of the molecule is O=C(O)c1cccc2c1C(=O)OC21c2cc(F)c(O)cc2Oc2cc(O)c(F)cc21. The van der Waals surface area contributed by atoms with Crippen molar-refractivity contribution < 1.29 is 43.2 Å². The lowest BCUT2D eigenvalue weighted by atomic mass is 9.77. The Balaban J connectivity index is 1.94. The topological polar surface area (TPSA) is 113 Å². The summed E-state index contributed by atoms with van der Waals surface area (Å²) in [6.45, 7) is 0. The summed E-state index contributed by atoms with van der Waals surface area (Å²) < 4.78 is 39.8. The number of fused-ring (bicyclic) bond motifs is 6. The highest BCUT2D eigenvalue weighted by atomic mass is 19.1. The number of ether oxygens (including phenoxy) is 2. The first-order chi connectivity index (χ1) is 14.2. The third-order valence-corrected chi connectivity index (χ3v) is 5.20. The molecule has 3 aromatic carbocycles. The molecule has 0 saturated heterocycles. The Kier molecular flexibility index (Phi) is 3.40. The van der Waals surface area contributed by atoms with Crippen LogP contribution in [0.2, 0.25) is 0 Å². The van der Waals surface area contributed by atoms with E-state index < -0.39 is 40.7 Å². The van der Waals surface area contributed by atoms with E-state index in [-0.39, 0.29) is 39.3 Å². The molecule has 2 heterocycles. The minimum atomic E-state index is -1.95. The van der Waals surface area contributed by atoms with Crippen molar-refractivity contribution >= 4 is 11.9 Å². The number of carboxylic acids is 1. The summed E-state index contributed by atoms with van der Waals surface area (Å²) in [5.74, 6) is -6.24. The van der Waals surface area contributed by atoms with Crippen LogP contribution in [-0.2, 0) is 10.3 Å². The maximum absolute atomic E-state index is 14.3. The third-order valence-electron chi connectivity index (χ3n) is 5.20. The van der Waals surface area contributed by atoms with Gasteiger partial charge in [0.2, 0.25) is 0 Å². The van der Waals surface area contributed by atoms with Crippen molar-refractivity contribution in [2.75, 3.05) is 0 Å². The smallest absolute Gasteiger partial charge is 0.341 e. The zero-order chi connectivity index (χ0) is 21.4. The second-order valence-electron chi connectivity index (χ2n) is 6.81.